The third-order valence-corrected chi connectivity index (χ3v) is 6.59. The van der Waals surface area contributed by atoms with E-state index in [1.165, 1.54) is 12.1 Å². The van der Waals surface area contributed by atoms with Gasteiger partial charge in [0.05, 0.1) is 30.4 Å². The lowest BCUT2D eigenvalue weighted by Crippen LogP contribution is -2.35. The zero-order valence-electron chi connectivity index (χ0n) is 21.2. The molecule has 0 radical (unpaired) electrons. The molecule has 200 valence electrons. The van der Waals surface area contributed by atoms with Crippen molar-refractivity contribution in [3.63, 3.8) is 0 Å². The highest BCUT2D eigenvalue weighted by Crippen LogP contribution is 2.34. The van der Waals surface area contributed by atoms with Gasteiger partial charge < -0.3 is 24.1 Å². The molecular formula is C27H25N5O6S. The molecule has 0 aliphatic carbocycles. The van der Waals surface area contributed by atoms with Crippen molar-refractivity contribution >= 4 is 51.4 Å². The summed E-state index contributed by atoms with van der Waals surface area (Å²) in [5.41, 5.74) is 3.11. The van der Waals surface area contributed by atoms with Crippen LogP contribution in [0.1, 0.15) is 23.2 Å². The van der Waals surface area contributed by atoms with E-state index in [4.69, 9.17) is 26.1 Å². The number of anilines is 2. The van der Waals surface area contributed by atoms with Crippen LogP contribution in [0, 0.1) is 10.1 Å². The smallest absolute Gasteiger partial charge is 0.270 e. The summed E-state index contributed by atoms with van der Waals surface area (Å²) in [7, 11) is 3.12. The Morgan fingerprint density at radius 2 is 1.82 bits per heavy atom. The number of non-ortho nitro benzene ring substituents is 1. The SMILES string of the molecule is COc1ccc(-c2nc3cc(NC(=S)NC(=O)c4cc([N+](=O)[O-])ccc4N4CCCC4)ccc3o2)cc1OC. The standard InChI is InChI=1S/C27H25N5O6S/c1-36-23-9-5-16(13-24(23)37-2)26-29-20-14-17(6-10-22(20)38-26)28-27(39)30-25(33)19-15-18(32(34)35)7-8-21(19)31-11-3-4-12-31/h5-10,13-15H,3-4,11-12H2,1-2H3,(H2,28,30,33,39). The van der Waals surface area contributed by atoms with Crippen molar-refractivity contribution in [3.05, 3.63) is 70.3 Å². The van der Waals surface area contributed by atoms with Crippen LogP contribution in [-0.4, -0.2) is 48.2 Å². The molecule has 1 aliphatic heterocycles. The second-order valence-electron chi connectivity index (χ2n) is 8.83. The summed E-state index contributed by atoms with van der Waals surface area (Å²) in [6.07, 6.45) is 1.99. The normalized spacial score (nSPS) is 12.8. The average molecular weight is 548 g/mol. The molecule has 0 saturated carbocycles. The third-order valence-electron chi connectivity index (χ3n) is 6.39. The zero-order chi connectivity index (χ0) is 27.5. The molecule has 11 nitrogen and oxygen atoms in total. The van der Waals surface area contributed by atoms with E-state index in [9.17, 15) is 14.9 Å². The highest BCUT2D eigenvalue weighted by atomic mass is 32.1. The first-order valence-electron chi connectivity index (χ1n) is 12.1. The van der Waals surface area contributed by atoms with Gasteiger partial charge in [0.25, 0.3) is 11.6 Å². The monoisotopic (exact) mass is 547 g/mol. The van der Waals surface area contributed by atoms with Crippen LogP contribution in [-0.2, 0) is 0 Å². The number of methoxy groups -OCH3 is 2. The number of oxazole rings is 1. The number of carbonyl (C=O) groups is 1. The lowest BCUT2D eigenvalue weighted by atomic mass is 10.1. The first kappa shape index (κ1) is 25.9. The number of thiocarbonyl (C=S) groups is 1. The Labute approximate surface area is 228 Å². The topological polar surface area (TPSA) is 132 Å². The molecule has 2 N–H and O–H groups in total. The molecule has 0 atom stereocenters. The summed E-state index contributed by atoms with van der Waals surface area (Å²) in [5, 5.41) is 17.0. The third kappa shape index (κ3) is 5.46. The minimum absolute atomic E-state index is 0.0434. The number of carbonyl (C=O) groups excluding carboxylic acids is 1. The van der Waals surface area contributed by atoms with E-state index in [1.54, 1.807) is 50.6 Å². The molecule has 3 aromatic carbocycles. The van der Waals surface area contributed by atoms with E-state index in [-0.39, 0.29) is 16.4 Å². The van der Waals surface area contributed by atoms with Gasteiger partial charge in [-0.15, -0.1) is 0 Å². The van der Waals surface area contributed by atoms with Crippen molar-refractivity contribution in [3.8, 4) is 23.0 Å². The van der Waals surface area contributed by atoms with E-state index in [1.807, 2.05) is 11.0 Å². The molecule has 39 heavy (non-hydrogen) atoms. The molecule has 1 aliphatic rings. The Balaban J connectivity index is 1.33. The number of benzene rings is 3. The van der Waals surface area contributed by atoms with Crippen molar-refractivity contribution < 1.29 is 23.6 Å². The van der Waals surface area contributed by atoms with Gasteiger partial charge in [-0.2, -0.15) is 0 Å². The highest BCUT2D eigenvalue weighted by Gasteiger charge is 2.23. The van der Waals surface area contributed by atoms with Gasteiger partial charge in [0.2, 0.25) is 5.89 Å². The number of nitro groups is 1. The zero-order valence-corrected chi connectivity index (χ0v) is 22.0. The number of hydrogen-bond acceptors (Lipinski definition) is 9. The van der Waals surface area contributed by atoms with Crippen LogP contribution < -0.4 is 25.0 Å². The Morgan fingerprint density at radius 3 is 2.54 bits per heavy atom. The minimum atomic E-state index is -0.531. The van der Waals surface area contributed by atoms with Crippen LogP contribution in [0.3, 0.4) is 0 Å². The number of rotatable bonds is 7. The molecule has 0 spiro atoms. The number of fused-ring (bicyclic) bond motifs is 1. The Bertz CT molecular complexity index is 1580. The molecule has 1 fully saturated rings. The maximum atomic E-state index is 13.1. The van der Waals surface area contributed by atoms with Gasteiger partial charge in [-0.05, 0) is 67.5 Å². The number of nitro benzene ring substituents is 1. The molecule has 1 aromatic heterocycles. The molecule has 12 heteroatoms. The van der Waals surface area contributed by atoms with Crippen molar-refractivity contribution in [2.24, 2.45) is 0 Å². The van der Waals surface area contributed by atoms with Gasteiger partial charge in [0.15, 0.2) is 22.2 Å². The van der Waals surface area contributed by atoms with Gasteiger partial charge in [-0.3, -0.25) is 20.2 Å². The number of ether oxygens (including phenoxy) is 2. The fourth-order valence-electron chi connectivity index (χ4n) is 4.48. The van der Waals surface area contributed by atoms with Gasteiger partial charge >= 0.3 is 0 Å². The first-order valence-corrected chi connectivity index (χ1v) is 12.6. The van der Waals surface area contributed by atoms with Gasteiger partial charge in [-0.1, -0.05) is 0 Å². The number of hydrogen-bond donors (Lipinski definition) is 2. The largest absolute Gasteiger partial charge is 0.493 e. The van der Waals surface area contributed by atoms with E-state index >= 15 is 0 Å². The first-order chi connectivity index (χ1) is 18.9. The maximum Gasteiger partial charge on any atom is 0.270 e. The van der Waals surface area contributed by atoms with Crippen LogP contribution in [0.25, 0.3) is 22.6 Å². The Kier molecular flexibility index (Phi) is 7.28. The summed E-state index contributed by atoms with van der Waals surface area (Å²) in [6.45, 7) is 1.56. The van der Waals surface area contributed by atoms with Crippen LogP contribution in [0.15, 0.2) is 59.0 Å². The van der Waals surface area contributed by atoms with Gasteiger partial charge in [-0.25, -0.2) is 4.98 Å². The maximum absolute atomic E-state index is 13.1. The lowest BCUT2D eigenvalue weighted by Gasteiger charge is -2.21. The van der Waals surface area contributed by atoms with Crippen LogP contribution >= 0.6 is 12.2 Å². The second kappa shape index (κ2) is 11.0. The van der Waals surface area contributed by atoms with Crippen molar-refractivity contribution in [2.75, 3.05) is 37.5 Å². The number of aromatic nitrogens is 1. The van der Waals surface area contributed by atoms with E-state index < -0.39 is 10.8 Å². The predicted octanol–water partition coefficient (Wildman–Crippen LogP) is 5.15. The van der Waals surface area contributed by atoms with Crippen molar-refractivity contribution in [1.82, 2.24) is 10.3 Å². The van der Waals surface area contributed by atoms with Crippen molar-refractivity contribution in [1.29, 1.82) is 0 Å². The quantitative estimate of drug-likeness (QED) is 0.182. The summed E-state index contributed by atoms with van der Waals surface area (Å²) in [6, 6.07) is 14.9. The summed E-state index contributed by atoms with van der Waals surface area (Å²) in [5.74, 6) is 1.02. The van der Waals surface area contributed by atoms with Gasteiger partial charge in [0.1, 0.15) is 5.52 Å². The number of nitrogens with zero attached hydrogens (tertiary/aromatic N) is 3. The summed E-state index contributed by atoms with van der Waals surface area (Å²) >= 11 is 5.37. The molecule has 1 amide bonds. The molecule has 5 rings (SSSR count). The fourth-order valence-corrected chi connectivity index (χ4v) is 4.69. The Morgan fingerprint density at radius 1 is 1.05 bits per heavy atom. The molecule has 2 heterocycles. The van der Waals surface area contributed by atoms with Crippen LogP contribution in [0.4, 0.5) is 17.1 Å². The van der Waals surface area contributed by atoms with Gasteiger partial charge in [0, 0.05) is 36.5 Å². The predicted molar refractivity (Wildman–Crippen MR) is 151 cm³/mol. The fraction of sp³-hybridized carbons (Fsp3) is 0.222. The molecule has 0 bridgehead atoms. The summed E-state index contributed by atoms with van der Waals surface area (Å²) in [4.78, 5) is 30.6. The Hall–Kier alpha value is -4.71. The molecular weight excluding hydrogens is 522 g/mol. The molecule has 1 saturated heterocycles. The number of amides is 1. The summed E-state index contributed by atoms with van der Waals surface area (Å²) < 4.78 is 16.6. The highest BCUT2D eigenvalue weighted by molar-refractivity contribution is 7.80. The second-order valence-corrected chi connectivity index (χ2v) is 9.24. The van der Waals surface area contributed by atoms with E-state index in [0.29, 0.717) is 45.4 Å². The average Bonchev–Trinajstić information content (AvgIpc) is 3.62. The van der Waals surface area contributed by atoms with Crippen molar-refractivity contribution in [2.45, 2.75) is 12.8 Å². The molecule has 4 aromatic rings. The van der Waals surface area contributed by atoms with E-state index in [2.05, 4.69) is 15.6 Å². The van der Waals surface area contributed by atoms with E-state index in [0.717, 1.165) is 25.9 Å². The van der Waals surface area contributed by atoms with Crippen LogP contribution in [0.5, 0.6) is 11.5 Å². The minimum Gasteiger partial charge on any atom is -0.493 e. The number of nitrogens with one attached hydrogen (secondary N) is 2. The lowest BCUT2D eigenvalue weighted by molar-refractivity contribution is -0.384. The van der Waals surface area contributed by atoms with Crippen LogP contribution in [0.2, 0.25) is 0 Å². The molecule has 0 unspecified atom stereocenters.